The molecule has 1 heterocycles. The highest BCUT2D eigenvalue weighted by molar-refractivity contribution is 5.99. The summed E-state index contributed by atoms with van der Waals surface area (Å²) in [6.45, 7) is 1.00. The molecule has 0 aliphatic heterocycles. The number of benzene rings is 1. The highest BCUT2D eigenvalue weighted by Gasteiger charge is 2.31. The first-order chi connectivity index (χ1) is 12.8. The van der Waals surface area contributed by atoms with Gasteiger partial charge in [-0.05, 0) is 43.0 Å². The molecule has 0 saturated heterocycles. The number of nitrogens with zero attached hydrogens (tertiary/aromatic N) is 1. The molecular weight excluding hydrogens is 367 g/mol. The van der Waals surface area contributed by atoms with E-state index in [1.165, 1.54) is 18.2 Å². The van der Waals surface area contributed by atoms with E-state index in [2.05, 4.69) is 15.4 Å². The van der Waals surface area contributed by atoms with Gasteiger partial charge in [0.25, 0.3) is 6.47 Å². The maximum Gasteiger partial charge on any atom is 0.573 e. The van der Waals surface area contributed by atoms with Crippen molar-refractivity contribution in [1.82, 2.24) is 4.57 Å². The molecular formula is C17H16F3N3O4. The average molecular weight is 383 g/mol. The minimum absolute atomic E-state index is 0.281. The van der Waals surface area contributed by atoms with Crippen LogP contribution in [-0.2, 0) is 11.3 Å². The van der Waals surface area contributed by atoms with Crippen molar-refractivity contribution in [3.8, 4) is 11.6 Å². The molecule has 27 heavy (non-hydrogen) atoms. The predicted octanol–water partition coefficient (Wildman–Crippen LogP) is 3.98. The maximum atomic E-state index is 12.1. The Balaban J connectivity index is 1.59. The van der Waals surface area contributed by atoms with Gasteiger partial charge in [0.15, 0.2) is 0 Å². The molecule has 2 N–H and O–H groups in total. The van der Waals surface area contributed by atoms with Crippen molar-refractivity contribution >= 4 is 23.9 Å². The van der Waals surface area contributed by atoms with Crippen molar-refractivity contribution in [2.24, 2.45) is 5.92 Å². The number of carbonyl (C=O) groups excluding carboxylic acids is 2. The number of hydrogen-bond acceptors (Lipinski definition) is 4. The molecule has 0 atom stereocenters. The van der Waals surface area contributed by atoms with Crippen LogP contribution in [0.3, 0.4) is 0 Å². The Kier molecular flexibility index (Phi) is 5.24. The molecule has 10 heteroatoms. The molecule has 0 bridgehead atoms. The summed E-state index contributed by atoms with van der Waals surface area (Å²) in [6, 6.07) is 5.65. The SMILES string of the molecule is O=COc1cc(NC(=O)Nc2ccc(OC(F)(F)F)cc2)cn1CC1CC1. The van der Waals surface area contributed by atoms with Crippen molar-refractivity contribution in [2.45, 2.75) is 25.7 Å². The summed E-state index contributed by atoms with van der Waals surface area (Å²) in [4.78, 5) is 22.7. The summed E-state index contributed by atoms with van der Waals surface area (Å²) in [5, 5.41) is 5.07. The Labute approximate surface area is 152 Å². The number of alkyl halides is 3. The second kappa shape index (κ2) is 7.60. The van der Waals surface area contributed by atoms with Crippen molar-refractivity contribution in [1.29, 1.82) is 0 Å². The lowest BCUT2D eigenvalue weighted by Crippen LogP contribution is -2.19. The second-order valence-corrected chi connectivity index (χ2v) is 6.03. The predicted molar refractivity (Wildman–Crippen MR) is 89.6 cm³/mol. The van der Waals surface area contributed by atoms with Crippen molar-refractivity contribution in [3.63, 3.8) is 0 Å². The lowest BCUT2D eigenvalue weighted by atomic mass is 10.3. The molecule has 3 rings (SSSR count). The number of anilines is 2. The molecule has 0 spiro atoms. The normalized spacial score (nSPS) is 13.7. The maximum absolute atomic E-state index is 12.1. The van der Waals surface area contributed by atoms with Gasteiger partial charge in [0, 0.05) is 24.5 Å². The van der Waals surface area contributed by atoms with E-state index >= 15 is 0 Å². The van der Waals surface area contributed by atoms with E-state index in [4.69, 9.17) is 4.74 Å². The van der Waals surface area contributed by atoms with E-state index in [1.54, 1.807) is 10.8 Å². The van der Waals surface area contributed by atoms with Crippen LogP contribution in [0, 0.1) is 5.92 Å². The van der Waals surface area contributed by atoms with Crippen molar-refractivity contribution < 1.29 is 32.2 Å². The second-order valence-electron chi connectivity index (χ2n) is 6.03. The van der Waals surface area contributed by atoms with E-state index < -0.39 is 12.4 Å². The van der Waals surface area contributed by atoms with Crippen LogP contribution >= 0.6 is 0 Å². The summed E-state index contributed by atoms with van der Waals surface area (Å²) in [7, 11) is 0. The summed E-state index contributed by atoms with van der Waals surface area (Å²) in [5.41, 5.74) is 0.700. The molecule has 0 unspecified atom stereocenters. The summed E-state index contributed by atoms with van der Waals surface area (Å²) < 4.78 is 46.8. The molecule has 2 amide bonds. The molecule has 0 radical (unpaired) electrons. The van der Waals surface area contributed by atoms with Crippen LogP contribution in [0.5, 0.6) is 11.6 Å². The first-order valence-corrected chi connectivity index (χ1v) is 8.07. The molecule has 1 aromatic heterocycles. The number of aromatic nitrogens is 1. The van der Waals surface area contributed by atoms with Crippen LogP contribution in [0.25, 0.3) is 0 Å². The molecule has 2 aromatic rings. The zero-order valence-corrected chi connectivity index (χ0v) is 14.0. The number of urea groups is 1. The van der Waals surface area contributed by atoms with E-state index in [0.717, 1.165) is 25.0 Å². The number of nitrogens with one attached hydrogen (secondary N) is 2. The summed E-state index contributed by atoms with van der Waals surface area (Å²) in [5.74, 6) is 0.465. The Morgan fingerprint density at radius 2 is 1.85 bits per heavy atom. The fourth-order valence-electron chi connectivity index (χ4n) is 2.46. The van der Waals surface area contributed by atoms with E-state index in [9.17, 15) is 22.8 Å². The third-order valence-electron chi connectivity index (χ3n) is 3.78. The Hall–Kier alpha value is -3.17. The van der Waals surface area contributed by atoms with Crippen LogP contribution in [0.4, 0.5) is 29.3 Å². The summed E-state index contributed by atoms with van der Waals surface area (Å²) in [6.07, 6.45) is -0.912. The van der Waals surface area contributed by atoms with Gasteiger partial charge in [-0.15, -0.1) is 13.2 Å². The topological polar surface area (TPSA) is 81.6 Å². The lowest BCUT2D eigenvalue weighted by Gasteiger charge is -2.10. The van der Waals surface area contributed by atoms with Crippen molar-refractivity contribution in [3.05, 3.63) is 36.5 Å². The molecule has 1 fully saturated rings. The standard InChI is InChI=1S/C17H16F3N3O4/c18-17(19,20)27-14-5-3-12(4-6-14)21-16(25)22-13-7-15(26-10-24)23(9-13)8-11-1-2-11/h3-7,9-11H,1-2,8H2,(H2,21,22,25). The van der Waals surface area contributed by atoms with Gasteiger partial charge < -0.3 is 24.7 Å². The first kappa shape index (κ1) is 18.6. The minimum Gasteiger partial charge on any atom is -0.411 e. The van der Waals surface area contributed by atoms with Gasteiger partial charge >= 0.3 is 12.4 Å². The fourth-order valence-corrected chi connectivity index (χ4v) is 2.46. The molecule has 1 aliphatic rings. The first-order valence-electron chi connectivity index (χ1n) is 8.07. The molecule has 144 valence electrons. The largest absolute Gasteiger partial charge is 0.573 e. The number of ether oxygens (including phenoxy) is 2. The summed E-state index contributed by atoms with van der Waals surface area (Å²) >= 11 is 0. The molecule has 1 saturated carbocycles. The van der Waals surface area contributed by atoms with Crippen molar-refractivity contribution in [2.75, 3.05) is 10.6 Å². The van der Waals surface area contributed by atoms with E-state index in [1.807, 2.05) is 0 Å². The average Bonchev–Trinajstić information content (AvgIpc) is 3.31. The minimum atomic E-state index is -4.78. The van der Waals surface area contributed by atoms with Crippen LogP contribution in [0.1, 0.15) is 12.8 Å². The highest BCUT2D eigenvalue weighted by atomic mass is 19.4. The molecule has 1 aliphatic carbocycles. The van der Waals surface area contributed by atoms with Gasteiger partial charge in [-0.1, -0.05) is 0 Å². The van der Waals surface area contributed by atoms with Crippen LogP contribution in [0.15, 0.2) is 36.5 Å². The van der Waals surface area contributed by atoms with E-state index in [0.29, 0.717) is 30.5 Å². The van der Waals surface area contributed by atoms with Gasteiger partial charge in [-0.25, -0.2) is 4.79 Å². The zero-order valence-electron chi connectivity index (χ0n) is 14.0. The van der Waals surface area contributed by atoms with Gasteiger partial charge in [-0.3, -0.25) is 4.79 Å². The van der Waals surface area contributed by atoms with Crippen LogP contribution < -0.4 is 20.1 Å². The van der Waals surface area contributed by atoms with Gasteiger partial charge in [0.05, 0.1) is 5.69 Å². The van der Waals surface area contributed by atoms with Gasteiger partial charge in [0.2, 0.25) is 5.88 Å². The Morgan fingerprint density at radius 1 is 1.19 bits per heavy atom. The monoisotopic (exact) mass is 383 g/mol. The number of halogens is 3. The van der Waals surface area contributed by atoms with Gasteiger partial charge in [0.1, 0.15) is 5.75 Å². The smallest absolute Gasteiger partial charge is 0.411 e. The van der Waals surface area contributed by atoms with Gasteiger partial charge in [-0.2, -0.15) is 0 Å². The fraction of sp³-hybridized carbons (Fsp3) is 0.294. The highest BCUT2D eigenvalue weighted by Crippen LogP contribution is 2.33. The van der Waals surface area contributed by atoms with Crippen LogP contribution in [0.2, 0.25) is 0 Å². The van der Waals surface area contributed by atoms with Crippen LogP contribution in [-0.4, -0.2) is 23.4 Å². The Morgan fingerprint density at radius 3 is 2.44 bits per heavy atom. The number of hydrogen-bond donors (Lipinski definition) is 2. The Bertz CT molecular complexity index is 814. The molecule has 7 nitrogen and oxygen atoms in total. The zero-order chi connectivity index (χ0) is 19.4. The number of carbonyl (C=O) groups is 2. The van der Waals surface area contributed by atoms with E-state index in [-0.39, 0.29) is 11.4 Å². The quantitative estimate of drug-likeness (QED) is 0.709. The number of amides is 2. The lowest BCUT2D eigenvalue weighted by molar-refractivity contribution is -0.274. The third kappa shape index (κ3) is 5.66. The third-order valence-corrected chi connectivity index (χ3v) is 3.78. The number of rotatable bonds is 7. The molecule has 1 aromatic carbocycles.